The van der Waals surface area contributed by atoms with Crippen LogP contribution in [-0.4, -0.2) is 36.5 Å². The van der Waals surface area contributed by atoms with E-state index in [2.05, 4.69) is 4.90 Å². The minimum absolute atomic E-state index is 0.402. The number of hydrogen-bond donors (Lipinski definition) is 0. The summed E-state index contributed by atoms with van der Waals surface area (Å²) in [6, 6.07) is 3.60. The molecule has 0 amide bonds. The first-order chi connectivity index (χ1) is 7.83. The molecule has 4 nitrogen and oxygen atoms in total. The minimum Gasteiger partial charge on any atom is -0.457 e. The second kappa shape index (κ2) is 4.03. The smallest absolute Gasteiger partial charge is 0.185 e. The molecule has 0 aromatic carbocycles. The third kappa shape index (κ3) is 1.90. The van der Waals surface area contributed by atoms with Gasteiger partial charge in [0.25, 0.3) is 0 Å². The molecule has 0 N–H and O–H groups in total. The first kappa shape index (κ1) is 10.1. The largest absolute Gasteiger partial charge is 0.457 e. The van der Waals surface area contributed by atoms with Gasteiger partial charge in [-0.15, -0.1) is 0 Å². The number of aldehydes is 1. The van der Waals surface area contributed by atoms with Gasteiger partial charge in [-0.1, -0.05) is 0 Å². The fraction of sp³-hybridized carbons (Fsp3) is 0.583. The molecule has 2 atom stereocenters. The second-order valence-corrected chi connectivity index (χ2v) is 4.57. The predicted octanol–water partition coefficient (Wildman–Crippen LogP) is 1.46. The van der Waals surface area contributed by atoms with Crippen molar-refractivity contribution >= 4 is 6.29 Å². The Balaban J connectivity index is 1.64. The van der Waals surface area contributed by atoms with E-state index in [1.54, 1.807) is 6.07 Å². The number of hydrogen-bond acceptors (Lipinski definition) is 4. The highest BCUT2D eigenvalue weighted by Gasteiger charge is 2.33. The summed E-state index contributed by atoms with van der Waals surface area (Å²) in [5.41, 5.74) is 0. The van der Waals surface area contributed by atoms with Gasteiger partial charge in [0.05, 0.1) is 18.8 Å². The van der Waals surface area contributed by atoms with Crippen molar-refractivity contribution in [3.63, 3.8) is 0 Å². The predicted molar refractivity (Wildman–Crippen MR) is 57.3 cm³/mol. The van der Waals surface area contributed by atoms with Crippen LogP contribution in [0.2, 0.25) is 0 Å². The number of morpholine rings is 1. The standard InChI is InChI=1S/C12H15NO3/c14-8-12-4-3-11(16-12)7-13-5-9-1-2-10(6-13)15-9/h3-4,8-10H,1-2,5-7H2. The number of fused-ring (bicyclic) bond motifs is 2. The normalized spacial score (nSPS) is 29.5. The van der Waals surface area contributed by atoms with Crippen molar-refractivity contribution in [2.24, 2.45) is 0 Å². The highest BCUT2D eigenvalue weighted by molar-refractivity contribution is 5.70. The van der Waals surface area contributed by atoms with Crippen molar-refractivity contribution in [3.05, 3.63) is 23.7 Å². The van der Waals surface area contributed by atoms with Gasteiger partial charge in [-0.2, -0.15) is 0 Å². The van der Waals surface area contributed by atoms with E-state index in [-0.39, 0.29) is 0 Å². The van der Waals surface area contributed by atoms with Crippen molar-refractivity contribution in [2.75, 3.05) is 13.1 Å². The monoisotopic (exact) mass is 221 g/mol. The fourth-order valence-electron chi connectivity index (χ4n) is 2.59. The first-order valence-corrected chi connectivity index (χ1v) is 5.75. The molecule has 16 heavy (non-hydrogen) atoms. The van der Waals surface area contributed by atoms with Crippen LogP contribution in [0, 0.1) is 0 Å². The topological polar surface area (TPSA) is 42.7 Å². The summed E-state index contributed by atoms with van der Waals surface area (Å²) >= 11 is 0. The van der Waals surface area contributed by atoms with Gasteiger partial charge in [-0.25, -0.2) is 0 Å². The third-order valence-corrected chi connectivity index (χ3v) is 3.30. The highest BCUT2D eigenvalue weighted by atomic mass is 16.5. The fourth-order valence-corrected chi connectivity index (χ4v) is 2.59. The number of nitrogens with zero attached hydrogens (tertiary/aromatic N) is 1. The van der Waals surface area contributed by atoms with Crippen LogP contribution in [0.15, 0.2) is 16.5 Å². The summed E-state index contributed by atoms with van der Waals surface area (Å²) in [5, 5.41) is 0. The average molecular weight is 221 g/mol. The molecule has 0 spiro atoms. The Bertz CT molecular complexity index is 375. The zero-order valence-corrected chi connectivity index (χ0v) is 9.09. The minimum atomic E-state index is 0.402. The van der Waals surface area contributed by atoms with Crippen LogP contribution in [0.1, 0.15) is 29.2 Å². The van der Waals surface area contributed by atoms with Gasteiger partial charge in [-0.3, -0.25) is 9.69 Å². The lowest BCUT2D eigenvalue weighted by molar-refractivity contribution is -0.0427. The SMILES string of the molecule is O=Cc1ccc(CN2CC3CCC(C2)O3)o1. The first-order valence-electron chi connectivity index (χ1n) is 5.75. The van der Waals surface area contributed by atoms with Crippen LogP contribution < -0.4 is 0 Å². The van der Waals surface area contributed by atoms with Crippen LogP contribution in [-0.2, 0) is 11.3 Å². The third-order valence-electron chi connectivity index (χ3n) is 3.30. The maximum Gasteiger partial charge on any atom is 0.185 e. The van der Waals surface area contributed by atoms with Gasteiger partial charge in [0.15, 0.2) is 12.0 Å². The highest BCUT2D eigenvalue weighted by Crippen LogP contribution is 2.27. The van der Waals surface area contributed by atoms with E-state index in [0.29, 0.717) is 18.0 Å². The van der Waals surface area contributed by atoms with Crippen LogP contribution in [0.25, 0.3) is 0 Å². The number of carbonyl (C=O) groups is 1. The lowest BCUT2D eigenvalue weighted by Gasteiger charge is -2.31. The molecule has 0 aliphatic carbocycles. The molecule has 2 aliphatic rings. The Hall–Kier alpha value is -1.13. The summed E-state index contributed by atoms with van der Waals surface area (Å²) in [6.45, 7) is 2.74. The Morgan fingerprint density at radius 2 is 2.06 bits per heavy atom. The van der Waals surface area contributed by atoms with Crippen LogP contribution in [0.4, 0.5) is 0 Å². The van der Waals surface area contributed by atoms with Crippen molar-refractivity contribution in [1.29, 1.82) is 0 Å². The van der Waals surface area contributed by atoms with E-state index in [0.717, 1.165) is 31.7 Å². The molecule has 2 aliphatic heterocycles. The Kier molecular flexibility index (Phi) is 2.53. The van der Waals surface area contributed by atoms with Gasteiger partial charge >= 0.3 is 0 Å². The lowest BCUT2D eigenvalue weighted by Crippen LogP contribution is -2.41. The van der Waals surface area contributed by atoms with E-state index in [1.807, 2.05) is 6.07 Å². The van der Waals surface area contributed by atoms with Gasteiger partial charge in [0.2, 0.25) is 0 Å². The van der Waals surface area contributed by atoms with E-state index in [1.165, 1.54) is 12.8 Å². The number of likely N-dealkylation sites (tertiary alicyclic amines) is 1. The Morgan fingerprint density at radius 3 is 2.69 bits per heavy atom. The molecular formula is C12H15NO3. The molecule has 4 heteroatoms. The van der Waals surface area contributed by atoms with Crippen LogP contribution in [0.5, 0.6) is 0 Å². The molecule has 3 heterocycles. The van der Waals surface area contributed by atoms with Gasteiger partial charge in [0, 0.05) is 13.1 Å². The Labute approximate surface area is 94.2 Å². The number of carbonyl (C=O) groups excluding carboxylic acids is 1. The van der Waals surface area contributed by atoms with Crippen LogP contribution in [0.3, 0.4) is 0 Å². The van der Waals surface area contributed by atoms with Gasteiger partial charge in [-0.05, 0) is 25.0 Å². The van der Waals surface area contributed by atoms with Gasteiger partial charge < -0.3 is 9.15 Å². The maximum atomic E-state index is 10.5. The summed E-state index contributed by atoms with van der Waals surface area (Å²) < 4.78 is 11.1. The molecule has 1 aromatic heterocycles. The molecular weight excluding hydrogens is 206 g/mol. The second-order valence-electron chi connectivity index (χ2n) is 4.57. The molecule has 86 valence electrons. The van der Waals surface area contributed by atoms with E-state index >= 15 is 0 Å². The molecule has 2 unspecified atom stereocenters. The zero-order chi connectivity index (χ0) is 11.0. The van der Waals surface area contributed by atoms with E-state index in [9.17, 15) is 4.79 Å². The van der Waals surface area contributed by atoms with Gasteiger partial charge in [0.1, 0.15) is 5.76 Å². The Morgan fingerprint density at radius 1 is 1.31 bits per heavy atom. The number of rotatable bonds is 3. The van der Waals surface area contributed by atoms with Crippen molar-refractivity contribution in [2.45, 2.75) is 31.6 Å². The number of furan rings is 1. The molecule has 2 fully saturated rings. The molecule has 0 radical (unpaired) electrons. The van der Waals surface area contributed by atoms with Crippen molar-refractivity contribution in [1.82, 2.24) is 4.90 Å². The van der Waals surface area contributed by atoms with Crippen molar-refractivity contribution < 1.29 is 13.9 Å². The van der Waals surface area contributed by atoms with E-state index in [4.69, 9.17) is 9.15 Å². The molecule has 3 rings (SSSR count). The summed E-state index contributed by atoms with van der Waals surface area (Å²) in [4.78, 5) is 12.8. The molecule has 2 bridgehead atoms. The summed E-state index contributed by atoms with van der Waals surface area (Å²) in [6.07, 6.45) is 3.91. The van der Waals surface area contributed by atoms with E-state index < -0.39 is 0 Å². The molecule has 2 saturated heterocycles. The molecule has 1 aromatic rings. The summed E-state index contributed by atoms with van der Waals surface area (Å²) in [7, 11) is 0. The molecule has 0 saturated carbocycles. The quantitative estimate of drug-likeness (QED) is 0.725. The number of ether oxygens (including phenoxy) is 1. The van der Waals surface area contributed by atoms with Crippen LogP contribution >= 0.6 is 0 Å². The zero-order valence-electron chi connectivity index (χ0n) is 9.09. The maximum absolute atomic E-state index is 10.5. The lowest BCUT2D eigenvalue weighted by atomic mass is 10.2. The summed E-state index contributed by atoms with van der Waals surface area (Å²) in [5.74, 6) is 1.27. The average Bonchev–Trinajstić information content (AvgIpc) is 2.86. The van der Waals surface area contributed by atoms with Crippen molar-refractivity contribution in [3.8, 4) is 0 Å².